The molecule has 4 rings (SSSR count). The maximum Gasteiger partial charge on any atom is 1.00 e. The van der Waals surface area contributed by atoms with E-state index < -0.39 is 0 Å². The Morgan fingerprint density at radius 2 is 0.760 bits per heavy atom. The molecule has 4 aromatic carbocycles. The number of hydrogen-bond donors (Lipinski definition) is 0. The van der Waals surface area contributed by atoms with Crippen molar-refractivity contribution in [2.75, 3.05) is 0 Å². The Hall–Kier alpha value is -2.60. The van der Waals surface area contributed by atoms with Gasteiger partial charge in [-0.1, -0.05) is 108 Å². The molecular formula is C24H17Cu. The monoisotopic (exact) mass is 368 g/mol. The van der Waals surface area contributed by atoms with Crippen molar-refractivity contribution in [1.29, 1.82) is 0 Å². The Balaban J connectivity index is 0.00000182. The van der Waals surface area contributed by atoms with Crippen molar-refractivity contribution in [1.82, 2.24) is 0 Å². The van der Waals surface area contributed by atoms with Gasteiger partial charge in [0.25, 0.3) is 0 Å². The van der Waals surface area contributed by atoms with Crippen molar-refractivity contribution in [3.05, 3.63) is 109 Å². The summed E-state index contributed by atoms with van der Waals surface area (Å²) in [5.41, 5.74) is 7.06. The molecule has 25 heavy (non-hydrogen) atoms. The molecule has 0 atom stereocenters. The van der Waals surface area contributed by atoms with E-state index in [2.05, 4.69) is 97.1 Å². The normalized spacial score (nSPS) is 10.1. The predicted molar refractivity (Wildman–Crippen MR) is 102 cm³/mol. The third-order valence-corrected chi connectivity index (χ3v) is 4.15. The van der Waals surface area contributed by atoms with Crippen molar-refractivity contribution in [2.24, 2.45) is 0 Å². The summed E-state index contributed by atoms with van der Waals surface area (Å²) in [4.78, 5) is 0. The predicted octanol–water partition coefficient (Wildman–Crippen LogP) is 6.49. The molecular weight excluding hydrogens is 352 g/mol. The zero-order valence-corrected chi connectivity index (χ0v) is 14.6. The summed E-state index contributed by atoms with van der Waals surface area (Å²) in [6, 6.07) is 39.4. The first-order valence-corrected chi connectivity index (χ1v) is 8.14. The summed E-state index contributed by atoms with van der Waals surface area (Å²) in [5, 5.41) is 0. The summed E-state index contributed by atoms with van der Waals surface area (Å²) >= 11 is 0. The van der Waals surface area contributed by atoms with Crippen LogP contribution in [-0.4, -0.2) is 0 Å². The molecule has 0 radical (unpaired) electrons. The van der Waals surface area contributed by atoms with Gasteiger partial charge in [-0.25, -0.2) is 0 Å². The molecule has 0 nitrogen and oxygen atoms in total. The number of hydrogen-bond acceptors (Lipinski definition) is 0. The average Bonchev–Trinajstić information content (AvgIpc) is 2.70. The molecule has 4 aromatic rings. The molecule has 0 aliphatic heterocycles. The van der Waals surface area contributed by atoms with E-state index in [1.165, 1.54) is 22.3 Å². The van der Waals surface area contributed by atoms with E-state index in [1.807, 2.05) is 12.1 Å². The summed E-state index contributed by atoms with van der Waals surface area (Å²) in [5.74, 6) is 0. The van der Waals surface area contributed by atoms with Crippen LogP contribution in [0, 0.1) is 6.07 Å². The van der Waals surface area contributed by atoms with E-state index in [1.54, 1.807) is 0 Å². The molecule has 1 heteroatoms. The van der Waals surface area contributed by atoms with Crippen molar-refractivity contribution in [3.63, 3.8) is 0 Å². The van der Waals surface area contributed by atoms with Gasteiger partial charge in [-0.2, -0.15) is 0 Å². The zero-order chi connectivity index (χ0) is 16.2. The van der Waals surface area contributed by atoms with Gasteiger partial charge in [0.05, 0.1) is 0 Å². The van der Waals surface area contributed by atoms with Crippen LogP contribution in [0.3, 0.4) is 0 Å². The van der Waals surface area contributed by atoms with E-state index >= 15 is 0 Å². The molecule has 0 saturated carbocycles. The van der Waals surface area contributed by atoms with E-state index in [0.29, 0.717) is 0 Å². The van der Waals surface area contributed by atoms with E-state index in [0.717, 1.165) is 11.1 Å². The van der Waals surface area contributed by atoms with E-state index in [4.69, 9.17) is 0 Å². The van der Waals surface area contributed by atoms with Gasteiger partial charge in [0.1, 0.15) is 0 Å². The molecule has 0 aliphatic rings. The molecule has 0 amide bonds. The maximum atomic E-state index is 3.59. The minimum atomic E-state index is 0. The summed E-state index contributed by atoms with van der Waals surface area (Å²) in [6.07, 6.45) is 0. The molecule has 0 bridgehead atoms. The second kappa shape index (κ2) is 7.98. The minimum absolute atomic E-state index is 0. The Labute approximate surface area is 159 Å². The van der Waals surface area contributed by atoms with E-state index in [-0.39, 0.29) is 17.1 Å². The van der Waals surface area contributed by atoms with Crippen LogP contribution in [0.5, 0.6) is 0 Å². The van der Waals surface area contributed by atoms with Crippen LogP contribution >= 0.6 is 0 Å². The first-order chi connectivity index (χ1) is 11.9. The number of rotatable bonds is 3. The van der Waals surface area contributed by atoms with Crippen molar-refractivity contribution < 1.29 is 17.1 Å². The molecule has 0 saturated heterocycles. The Morgan fingerprint density at radius 3 is 1.16 bits per heavy atom. The fourth-order valence-corrected chi connectivity index (χ4v) is 2.91. The molecule has 0 aromatic heterocycles. The van der Waals surface area contributed by atoms with Crippen molar-refractivity contribution in [3.8, 4) is 33.4 Å². The van der Waals surface area contributed by atoms with Crippen LogP contribution in [0.15, 0.2) is 103 Å². The van der Waals surface area contributed by atoms with Gasteiger partial charge in [-0.3, -0.25) is 0 Å². The van der Waals surface area contributed by atoms with Crippen LogP contribution in [0.25, 0.3) is 33.4 Å². The SMILES string of the molecule is [Cu+].[c-]1c(-c2ccccc2)cc(-c2ccccc2)cc1-c1ccccc1. The first-order valence-electron chi connectivity index (χ1n) is 8.14. The largest absolute Gasteiger partial charge is 1.00 e. The molecule has 0 spiro atoms. The van der Waals surface area contributed by atoms with Crippen LogP contribution < -0.4 is 0 Å². The van der Waals surface area contributed by atoms with Crippen molar-refractivity contribution >= 4 is 0 Å². The number of benzene rings is 4. The molecule has 124 valence electrons. The van der Waals surface area contributed by atoms with E-state index in [9.17, 15) is 0 Å². The molecule has 0 fully saturated rings. The third-order valence-electron chi connectivity index (χ3n) is 4.15. The van der Waals surface area contributed by atoms with Crippen molar-refractivity contribution in [2.45, 2.75) is 0 Å². The Kier molecular flexibility index (Phi) is 5.50. The van der Waals surface area contributed by atoms with Gasteiger partial charge in [-0.05, 0) is 5.56 Å². The standard InChI is InChI=1S/C24H17.Cu/c1-4-10-19(11-5-1)22-16-23(20-12-6-2-7-13-20)18-24(17-22)21-14-8-3-9-15-21;/h1-17H;/q-1;+1. The topological polar surface area (TPSA) is 0 Å². The first kappa shape index (κ1) is 17.2. The molecule has 0 N–H and O–H groups in total. The fourth-order valence-electron chi connectivity index (χ4n) is 2.91. The van der Waals surface area contributed by atoms with Crippen LogP contribution in [0.1, 0.15) is 0 Å². The minimum Gasteiger partial charge on any atom is -0.118 e. The van der Waals surface area contributed by atoms with Gasteiger partial charge < -0.3 is 0 Å². The summed E-state index contributed by atoms with van der Waals surface area (Å²) < 4.78 is 0. The average molecular weight is 369 g/mol. The van der Waals surface area contributed by atoms with Gasteiger partial charge in [0, 0.05) is 0 Å². The Morgan fingerprint density at radius 1 is 0.400 bits per heavy atom. The Bertz CT molecular complexity index is 790. The molecule has 0 aliphatic carbocycles. The maximum absolute atomic E-state index is 3.59. The second-order valence-corrected chi connectivity index (χ2v) is 5.79. The van der Waals surface area contributed by atoms with Crippen LogP contribution in [0.4, 0.5) is 0 Å². The van der Waals surface area contributed by atoms with Gasteiger partial charge in [-0.15, -0.1) is 29.3 Å². The van der Waals surface area contributed by atoms with Gasteiger partial charge >= 0.3 is 17.1 Å². The summed E-state index contributed by atoms with van der Waals surface area (Å²) in [7, 11) is 0. The smallest absolute Gasteiger partial charge is 0.118 e. The van der Waals surface area contributed by atoms with Gasteiger partial charge in [0.2, 0.25) is 0 Å². The zero-order valence-electron chi connectivity index (χ0n) is 13.6. The van der Waals surface area contributed by atoms with Gasteiger partial charge in [0.15, 0.2) is 0 Å². The second-order valence-electron chi connectivity index (χ2n) is 5.79. The molecule has 0 heterocycles. The fraction of sp³-hybridized carbons (Fsp3) is 0. The van der Waals surface area contributed by atoms with Crippen LogP contribution in [0.2, 0.25) is 0 Å². The van der Waals surface area contributed by atoms with Crippen LogP contribution in [-0.2, 0) is 17.1 Å². The summed E-state index contributed by atoms with van der Waals surface area (Å²) in [6.45, 7) is 0. The molecule has 0 unspecified atom stereocenters. The third kappa shape index (κ3) is 3.91. The quantitative estimate of drug-likeness (QED) is 0.286.